The first-order chi connectivity index (χ1) is 37.8. The number of amides is 4. The van der Waals surface area contributed by atoms with Crippen molar-refractivity contribution in [1.29, 1.82) is 0 Å². The average Bonchev–Trinajstić information content (AvgIpc) is 4.31. The van der Waals surface area contributed by atoms with Crippen LogP contribution in [0, 0.1) is 23.7 Å². The zero-order chi connectivity index (χ0) is 55.0. The number of methoxy groups -OCH3 is 2. The zero-order valence-corrected chi connectivity index (χ0v) is 49.0. The van der Waals surface area contributed by atoms with Crippen molar-refractivity contribution in [2.75, 3.05) is 38.2 Å². The number of hydrogen-bond acceptors (Lipinski definition) is 10. The molecule has 4 fully saturated rings. The van der Waals surface area contributed by atoms with Gasteiger partial charge in [-0.25, -0.2) is 19.6 Å². The number of ether oxygens (including phenoxy) is 2. The number of aromatic amines is 2. The van der Waals surface area contributed by atoms with E-state index in [1.165, 1.54) is 54.9 Å². The zero-order valence-electron chi connectivity index (χ0n) is 47.3. The van der Waals surface area contributed by atoms with Crippen LogP contribution in [0.2, 0.25) is 0 Å². The van der Waals surface area contributed by atoms with E-state index in [2.05, 4.69) is 119 Å². The van der Waals surface area contributed by atoms with Crippen LogP contribution in [0.5, 0.6) is 0 Å². The number of fused-ring (bicyclic) bond motifs is 4. The molecule has 4 N–H and O–H groups in total. The fourth-order valence-corrected chi connectivity index (χ4v) is 14.4. The minimum atomic E-state index is -0.666. The molecule has 16 heteroatoms. The van der Waals surface area contributed by atoms with Crippen LogP contribution in [0.25, 0.3) is 33.2 Å². The summed E-state index contributed by atoms with van der Waals surface area (Å²) in [5.41, 5.74) is 11.1. The molecule has 0 spiro atoms. The number of thioether (sulfide) groups is 2. The third kappa shape index (κ3) is 12.7. The first kappa shape index (κ1) is 57.2. The van der Waals surface area contributed by atoms with Crippen LogP contribution in [0.1, 0.15) is 165 Å². The number of benzene rings is 2. The number of nitrogens with zero attached hydrogens (tertiary/aromatic N) is 4. The third-order valence-corrected chi connectivity index (χ3v) is 19.2. The minimum Gasteiger partial charge on any atom is -0.453 e. The van der Waals surface area contributed by atoms with Crippen molar-refractivity contribution in [3.8, 4) is 0 Å². The van der Waals surface area contributed by atoms with E-state index in [4.69, 9.17) is 19.4 Å². The SMILES string of the molecule is C/C=C1\C=C(\c2ccc3nc([C@@H]4C[C@@H]5CCCC[C@@H]5N4C(=O)[C@H](CCSC)NC(=O)OC)[nH]c3c2)[C@H](C)CC[C@@H](C)/C=C\C(=C(/C)c2ccc3nc([C@@H]4C[C@@H]5CCCC[C@@H]5N4C(=O)[C@H](CCSC)NC(=O)OC)[nH]c3c2)CC1. The normalized spacial score (nSPS) is 27.9. The van der Waals surface area contributed by atoms with E-state index in [1.54, 1.807) is 23.5 Å². The van der Waals surface area contributed by atoms with Gasteiger partial charge < -0.3 is 39.9 Å². The highest BCUT2D eigenvalue weighted by Crippen LogP contribution is 2.48. The lowest BCUT2D eigenvalue weighted by Gasteiger charge is -2.36. The van der Waals surface area contributed by atoms with Crippen molar-refractivity contribution in [2.24, 2.45) is 23.7 Å². The van der Waals surface area contributed by atoms with Gasteiger partial charge in [-0.05, 0) is 191 Å². The van der Waals surface area contributed by atoms with Crippen LogP contribution in [0.4, 0.5) is 9.59 Å². The molecule has 14 nitrogen and oxygen atoms in total. The summed E-state index contributed by atoms with van der Waals surface area (Å²) in [6.45, 7) is 9.07. The summed E-state index contributed by atoms with van der Waals surface area (Å²) in [6, 6.07) is 11.6. The van der Waals surface area contributed by atoms with Crippen LogP contribution in [0.15, 0.2) is 71.8 Å². The van der Waals surface area contributed by atoms with Gasteiger partial charge in [0, 0.05) is 12.1 Å². The first-order valence-electron chi connectivity index (χ1n) is 28.9. The van der Waals surface area contributed by atoms with Crippen LogP contribution >= 0.6 is 23.5 Å². The molecule has 4 aromatic rings. The lowest BCUT2D eigenvalue weighted by molar-refractivity contribution is -0.138. The summed E-state index contributed by atoms with van der Waals surface area (Å²) in [7, 11) is 2.69. The first-order valence-corrected chi connectivity index (χ1v) is 31.7. The molecule has 10 atom stereocenters. The number of aromatic nitrogens is 4. The van der Waals surface area contributed by atoms with Crippen molar-refractivity contribution in [3.05, 3.63) is 94.6 Å². The van der Waals surface area contributed by atoms with Gasteiger partial charge in [0.25, 0.3) is 0 Å². The smallest absolute Gasteiger partial charge is 0.407 e. The highest BCUT2D eigenvalue weighted by molar-refractivity contribution is 7.98. The van der Waals surface area contributed by atoms with E-state index in [1.807, 2.05) is 12.5 Å². The summed E-state index contributed by atoms with van der Waals surface area (Å²) < 4.78 is 9.94. The van der Waals surface area contributed by atoms with Crippen LogP contribution < -0.4 is 10.6 Å². The Morgan fingerprint density at radius 1 is 0.731 bits per heavy atom. The van der Waals surface area contributed by atoms with Gasteiger partial charge in [0.15, 0.2) is 0 Å². The van der Waals surface area contributed by atoms with Crippen molar-refractivity contribution in [3.63, 3.8) is 0 Å². The number of carbonyl (C=O) groups is 4. The minimum absolute atomic E-state index is 0.0471. The second-order valence-corrected chi connectivity index (χ2v) is 24.8. The fourth-order valence-electron chi connectivity index (χ4n) is 13.5. The van der Waals surface area contributed by atoms with Crippen molar-refractivity contribution < 1.29 is 28.7 Å². The highest BCUT2D eigenvalue weighted by Gasteiger charge is 2.49. The second kappa shape index (κ2) is 26.2. The molecule has 0 unspecified atom stereocenters. The molecule has 2 aliphatic heterocycles. The van der Waals surface area contributed by atoms with Gasteiger partial charge >= 0.3 is 12.2 Å². The molecule has 420 valence electrons. The van der Waals surface area contributed by atoms with Crippen molar-refractivity contribution in [2.45, 2.75) is 167 Å². The van der Waals surface area contributed by atoms with Gasteiger partial charge in [-0.2, -0.15) is 23.5 Å². The van der Waals surface area contributed by atoms with Crippen LogP contribution in [-0.2, 0) is 19.1 Å². The summed E-state index contributed by atoms with van der Waals surface area (Å²) in [4.78, 5) is 76.1. The van der Waals surface area contributed by atoms with E-state index < -0.39 is 24.3 Å². The second-order valence-electron chi connectivity index (χ2n) is 22.8. The number of hydrogen-bond donors (Lipinski definition) is 4. The van der Waals surface area contributed by atoms with Crippen LogP contribution in [0.3, 0.4) is 0 Å². The molecule has 78 heavy (non-hydrogen) atoms. The number of H-pyrrole nitrogens is 2. The predicted octanol–water partition coefficient (Wildman–Crippen LogP) is 13.3. The maximum absolute atomic E-state index is 14.6. The Bertz CT molecular complexity index is 2920. The molecule has 5 aliphatic rings. The standard InChI is InChI=1S/C62H84N8O6S2/c1-9-40-21-23-41(39(4)42-24-26-47-51(33-42)65-57(63-47)55-35-44-14-10-12-16-53(44)69(55)59(71)49(28-30-77-7)67-61(73)75-5)22-19-37(2)18-20-38(3)46(32-40)43-25-27-48-52(34-43)66-58(64-48)56-36-45-15-11-13-17-54(45)70(56)60(72)50(29-31-78-8)68-62(74)76-6/h9,19,22,24-27,32-34,37-38,44-45,49-50,53-56H,10-18,20-21,23,28-31,35-36H2,1-8H3,(H,63,65)(H,64,66)(H,67,73)(H,68,74)/b22-19-,40-9-,41-39-,46-32+/t37-,38-,44+,45+,49+,50+,53+,54+,55+,56+/m1/s1. The van der Waals surface area contributed by atoms with Gasteiger partial charge in [-0.1, -0.05) is 81.5 Å². The Kier molecular flexibility index (Phi) is 19.2. The van der Waals surface area contributed by atoms with E-state index in [0.29, 0.717) is 36.5 Å². The maximum Gasteiger partial charge on any atom is 0.407 e. The molecule has 2 saturated carbocycles. The number of likely N-dealkylation sites (tertiary alicyclic amines) is 2. The van der Waals surface area contributed by atoms with Gasteiger partial charge in [-0.15, -0.1) is 0 Å². The number of carbonyl (C=O) groups excluding carboxylic acids is 4. The average molecular weight is 1100 g/mol. The Morgan fingerprint density at radius 2 is 1.27 bits per heavy atom. The van der Waals surface area contributed by atoms with Gasteiger partial charge in [-0.3, -0.25) is 9.59 Å². The molecule has 4 amide bonds. The Labute approximate surface area is 470 Å². The molecular weight excluding hydrogens is 1020 g/mol. The number of allylic oxidation sites excluding steroid dienone is 8. The van der Waals surface area contributed by atoms with E-state index in [-0.39, 0.29) is 36.0 Å². The number of rotatable bonds is 14. The molecule has 4 heterocycles. The Hall–Kier alpha value is -5.48. The highest BCUT2D eigenvalue weighted by atomic mass is 32.2. The summed E-state index contributed by atoms with van der Waals surface area (Å²) in [5.74, 6) is 4.49. The molecule has 3 aliphatic carbocycles. The van der Waals surface area contributed by atoms with Gasteiger partial charge in [0.05, 0.1) is 48.4 Å². The molecule has 0 radical (unpaired) electrons. The monoisotopic (exact) mass is 1100 g/mol. The van der Waals surface area contributed by atoms with Gasteiger partial charge in [0.1, 0.15) is 23.7 Å². The van der Waals surface area contributed by atoms with E-state index in [9.17, 15) is 19.2 Å². The Balaban J connectivity index is 0.969. The molecular formula is C62H84N8O6S2. The fraction of sp³-hybridized carbons (Fsp3) is 0.581. The molecule has 0 bridgehead atoms. The number of nitrogens with one attached hydrogen (secondary N) is 4. The van der Waals surface area contributed by atoms with Crippen molar-refractivity contribution in [1.82, 2.24) is 40.4 Å². The quantitative estimate of drug-likeness (QED) is 0.0951. The third-order valence-electron chi connectivity index (χ3n) is 17.9. The molecule has 2 saturated heterocycles. The summed E-state index contributed by atoms with van der Waals surface area (Å²) in [6.07, 6.45) is 27.5. The Morgan fingerprint density at radius 3 is 1.81 bits per heavy atom. The maximum atomic E-state index is 14.6. The van der Waals surface area contributed by atoms with E-state index >= 15 is 0 Å². The lowest BCUT2D eigenvalue weighted by Crippen LogP contribution is -2.52. The number of imidazole rings is 2. The van der Waals surface area contributed by atoms with Gasteiger partial charge in [0.2, 0.25) is 11.8 Å². The topological polar surface area (TPSA) is 175 Å². The largest absolute Gasteiger partial charge is 0.453 e. The molecule has 2 aromatic carbocycles. The predicted molar refractivity (Wildman–Crippen MR) is 317 cm³/mol. The molecule has 2 aromatic heterocycles. The van der Waals surface area contributed by atoms with Crippen molar-refractivity contribution >= 4 is 80.7 Å². The lowest BCUT2D eigenvalue weighted by atomic mass is 9.84. The summed E-state index contributed by atoms with van der Waals surface area (Å²) in [5, 5.41) is 5.74. The number of alkyl carbamates (subject to hydrolysis) is 2. The van der Waals surface area contributed by atoms with E-state index in [0.717, 1.165) is 128 Å². The summed E-state index contributed by atoms with van der Waals surface area (Å²) >= 11 is 3.33. The molecule has 9 rings (SSSR count). The van der Waals surface area contributed by atoms with Crippen LogP contribution in [-0.4, -0.2) is 116 Å².